The van der Waals surface area contributed by atoms with E-state index >= 15 is 0 Å². The fraction of sp³-hybridized carbons (Fsp3) is 0.625. The van der Waals surface area contributed by atoms with Gasteiger partial charge in [-0.2, -0.15) is 0 Å². The average molecular weight is 263 g/mol. The summed E-state index contributed by atoms with van der Waals surface area (Å²) in [6, 6.07) is 4.29. The fourth-order valence-corrected chi connectivity index (χ4v) is 2.48. The van der Waals surface area contributed by atoms with E-state index in [-0.39, 0.29) is 0 Å². The normalized spacial score (nSPS) is 16.6. The van der Waals surface area contributed by atoms with Crippen LogP contribution in [0, 0.1) is 20.8 Å². The Morgan fingerprint density at radius 3 is 2.58 bits per heavy atom. The Balaban J connectivity index is 1.76. The number of rotatable bonds is 5. The molecule has 1 heterocycles. The van der Waals surface area contributed by atoms with Crippen LogP contribution in [0.2, 0.25) is 0 Å². The summed E-state index contributed by atoms with van der Waals surface area (Å²) in [6.45, 7) is 9.79. The Morgan fingerprint density at radius 2 is 1.84 bits per heavy atom. The molecule has 0 spiro atoms. The van der Waals surface area contributed by atoms with Gasteiger partial charge in [0.05, 0.1) is 12.7 Å². The molecule has 0 unspecified atom stereocenters. The van der Waals surface area contributed by atoms with Crippen molar-refractivity contribution in [1.82, 2.24) is 5.32 Å². The lowest BCUT2D eigenvalue weighted by Gasteiger charge is -2.23. The van der Waals surface area contributed by atoms with Crippen LogP contribution >= 0.6 is 0 Å². The molecule has 0 bridgehead atoms. The number of nitrogens with one attached hydrogen (secondary N) is 1. The third-order valence-corrected chi connectivity index (χ3v) is 3.74. The SMILES string of the molecule is Cc1cc(C)c(C)c(OCCOC2CCNCC2)c1. The van der Waals surface area contributed by atoms with Gasteiger partial charge in [0.2, 0.25) is 0 Å². The summed E-state index contributed by atoms with van der Waals surface area (Å²) in [5.41, 5.74) is 3.76. The first-order chi connectivity index (χ1) is 9.16. The molecular formula is C16H25NO2. The van der Waals surface area contributed by atoms with Gasteiger partial charge in [-0.1, -0.05) is 6.07 Å². The monoisotopic (exact) mass is 263 g/mol. The van der Waals surface area contributed by atoms with E-state index in [0.29, 0.717) is 19.3 Å². The van der Waals surface area contributed by atoms with Crippen LogP contribution in [0.5, 0.6) is 5.75 Å². The van der Waals surface area contributed by atoms with E-state index in [2.05, 4.69) is 38.2 Å². The zero-order chi connectivity index (χ0) is 13.7. The van der Waals surface area contributed by atoms with E-state index in [0.717, 1.165) is 31.7 Å². The van der Waals surface area contributed by atoms with Crippen LogP contribution in [0.15, 0.2) is 12.1 Å². The highest BCUT2D eigenvalue weighted by molar-refractivity contribution is 5.41. The highest BCUT2D eigenvalue weighted by Gasteiger charge is 2.12. The van der Waals surface area contributed by atoms with Crippen LogP contribution < -0.4 is 10.1 Å². The number of piperidine rings is 1. The zero-order valence-electron chi connectivity index (χ0n) is 12.3. The minimum absolute atomic E-state index is 0.408. The van der Waals surface area contributed by atoms with Crippen molar-refractivity contribution in [2.24, 2.45) is 0 Å². The Bertz CT molecular complexity index is 411. The van der Waals surface area contributed by atoms with Crippen molar-refractivity contribution in [3.8, 4) is 5.75 Å². The second-order valence-corrected chi connectivity index (χ2v) is 5.37. The van der Waals surface area contributed by atoms with Gasteiger partial charge in [-0.15, -0.1) is 0 Å². The Morgan fingerprint density at radius 1 is 1.11 bits per heavy atom. The standard InChI is InChI=1S/C16H25NO2/c1-12-10-13(2)14(3)16(11-12)19-9-8-18-15-4-6-17-7-5-15/h10-11,15,17H,4-9H2,1-3H3. The van der Waals surface area contributed by atoms with E-state index in [1.54, 1.807) is 0 Å². The number of hydrogen-bond donors (Lipinski definition) is 1. The Kier molecular flexibility index (Phi) is 5.23. The highest BCUT2D eigenvalue weighted by Crippen LogP contribution is 2.23. The second kappa shape index (κ2) is 6.92. The second-order valence-electron chi connectivity index (χ2n) is 5.37. The molecule has 3 heteroatoms. The highest BCUT2D eigenvalue weighted by atomic mass is 16.5. The quantitative estimate of drug-likeness (QED) is 0.829. The smallest absolute Gasteiger partial charge is 0.122 e. The minimum atomic E-state index is 0.408. The first kappa shape index (κ1) is 14.4. The molecule has 0 radical (unpaired) electrons. The molecule has 0 aliphatic carbocycles. The average Bonchev–Trinajstić information content (AvgIpc) is 2.41. The predicted molar refractivity (Wildman–Crippen MR) is 78.0 cm³/mol. The fourth-order valence-electron chi connectivity index (χ4n) is 2.48. The van der Waals surface area contributed by atoms with Crippen LogP contribution in [0.1, 0.15) is 29.5 Å². The molecule has 1 aromatic rings. The van der Waals surface area contributed by atoms with Gasteiger partial charge in [0.15, 0.2) is 0 Å². The largest absolute Gasteiger partial charge is 0.491 e. The third kappa shape index (κ3) is 4.22. The molecule has 1 aliphatic heterocycles. The summed E-state index contributed by atoms with van der Waals surface area (Å²) in [5, 5.41) is 3.34. The summed E-state index contributed by atoms with van der Waals surface area (Å²) in [7, 11) is 0. The maximum atomic E-state index is 5.85. The molecule has 0 amide bonds. The van der Waals surface area contributed by atoms with E-state index < -0.39 is 0 Å². The lowest BCUT2D eigenvalue weighted by molar-refractivity contribution is 0.0167. The van der Waals surface area contributed by atoms with Crippen LogP contribution in [0.25, 0.3) is 0 Å². The molecule has 0 atom stereocenters. The molecule has 3 nitrogen and oxygen atoms in total. The molecule has 1 fully saturated rings. The van der Waals surface area contributed by atoms with E-state index in [1.807, 2.05) is 0 Å². The van der Waals surface area contributed by atoms with Gasteiger partial charge in [-0.05, 0) is 69.5 Å². The third-order valence-electron chi connectivity index (χ3n) is 3.74. The maximum absolute atomic E-state index is 5.85. The number of hydrogen-bond acceptors (Lipinski definition) is 3. The number of benzene rings is 1. The lowest BCUT2D eigenvalue weighted by atomic mass is 10.1. The van der Waals surface area contributed by atoms with Gasteiger partial charge in [0.1, 0.15) is 12.4 Å². The summed E-state index contributed by atoms with van der Waals surface area (Å²) >= 11 is 0. The number of aryl methyl sites for hydroxylation is 2. The van der Waals surface area contributed by atoms with Gasteiger partial charge < -0.3 is 14.8 Å². The first-order valence-electron chi connectivity index (χ1n) is 7.20. The first-order valence-corrected chi connectivity index (χ1v) is 7.20. The molecule has 0 aromatic heterocycles. The molecule has 19 heavy (non-hydrogen) atoms. The van der Waals surface area contributed by atoms with Crippen LogP contribution in [-0.2, 0) is 4.74 Å². The molecule has 1 aromatic carbocycles. The molecule has 106 valence electrons. The Hall–Kier alpha value is -1.06. The Labute approximate surface area is 116 Å². The molecule has 1 aliphatic rings. The zero-order valence-corrected chi connectivity index (χ0v) is 12.3. The van der Waals surface area contributed by atoms with Gasteiger partial charge in [-0.25, -0.2) is 0 Å². The topological polar surface area (TPSA) is 30.5 Å². The molecule has 2 rings (SSSR count). The van der Waals surface area contributed by atoms with Crippen molar-refractivity contribution in [2.45, 2.75) is 39.7 Å². The van der Waals surface area contributed by atoms with E-state index in [1.165, 1.54) is 16.7 Å². The van der Waals surface area contributed by atoms with Crippen molar-refractivity contribution < 1.29 is 9.47 Å². The molecule has 1 saturated heterocycles. The van der Waals surface area contributed by atoms with E-state index in [4.69, 9.17) is 9.47 Å². The van der Waals surface area contributed by atoms with Gasteiger partial charge >= 0.3 is 0 Å². The summed E-state index contributed by atoms with van der Waals surface area (Å²) in [5.74, 6) is 0.992. The van der Waals surface area contributed by atoms with E-state index in [9.17, 15) is 0 Å². The number of ether oxygens (including phenoxy) is 2. The van der Waals surface area contributed by atoms with Crippen LogP contribution in [-0.4, -0.2) is 32.4 Å². The van der Waals surface area contributed by atoms with Gasteiger partial charge in [-0.3, -0.25) is 0 Å². The molecule has 0 saturated carbocycles. The van der Waals surface area contributed by atoms with Crippen LogP contribution in [0.4, 0.5) is 0 Å². The van der Waals surface area contributed by atoms with Gasteiger partial charge in [0, 0.05) is 0 Å². The minimum Gasteiger partial charge on any atom is -0.491 e. The summed E-state index contributed by atoms with van der Waals surface area (Å²) < 4.78 is 11.7. The van der Waals surface area contributed by atoms with Crippen molar-refractivity contribution in [3.05, 3.63) is 28.8 Å². The van der Waals surface area contributed by atoms with Crippen molar-refractivity contribution in [2.75, 3.05) is 26.3 Å². The maximum Gasteiger partial charge on any atom is 0.122 e. The molecular weight excluding hydrogens is 238 g/mol. The van der Waals surface area contributed by atoms with Crippen molar-refractivity contribution in [1.29, 1.82) is 0 Å². The van der Waals surface area contributed by atoms with Crippen molar-refractivity contribution >= 4 is 0 Å². The predicted octanol–water partition coefficient (Wildman–Crippen LogP) is 2.76. The molecule has 1 N–H and O–H groups in total. The lowest BCUT2D eigenvalue weighted by Crippen LogP contribution is -2.33. The van der Waals surface area contributed by atoms with Gasteiger partial charge in [0.25, 0.3) is 0 Å². The summed E-state index contributed by atoms with van der Waals surface area (Å²) in [6.07, 6.45) is 2.63. The van der Waals surface area contributed by atoms with Crippen molar-refractivity contribution in [3.63, 3.8) is 0 Å². The van der Waals surface area contributed by atoms with Crippen LogP contribution in [0.3, 0.4) is 0 Å². The summed E-state index contributed by atoms with van der Waals surface area (Å²) in [4.78, 5) is 0.